The molecule has 0 atom stereocenters. The van der Waals surface area contributed by atoms with Gasteiger partial charge in [0.05, 0.1) is 0 Å². The first-order valence-corrected chi connectivity index (χ1v) is 6.34. The lowest BCUT2D eigenvalue weighted by Gasteiger charge is -2.36. The quantitative estimate of drug-likeness (QED) is 0.696. The third-order valence-electron chi connectivity index (χ3n) is 4.02. The van der Waals surface area contributed by atoms with Gasteiger partial charge >= 0.3 is 0 Å². The van der Waals surface area contributed by atoms with Gasteiger partial charge in [-0.05, 0) is 25.7 Å². The zero-order chi connectivity index (χ0) is 10.6. The van der Waals surface area contributed by atoms with Gasteiger partial charge in [-0.3, -0.25) is 0 Å². The van der Waals surface area contributed by atoms with Gasteiger partial charge in [0.15, 0.2) is 0 Å². The van der Waals surface area contributed by atoms with E-state index in [1.165, 1.54) is 44.9 Å². The molecule has 1 fully saturated rings. The van der Waals surface area contributed by atoms with Gasteiger partial charge in [0, 0.05) is 24.6 Å². The fraction of sp³-hybridized carbons (Fsp3) is 0.846. The molecule has 2 heteroatoms. The van der Waals surface area contributed by atoms with Gasteiger partial charge in [-0.2, -0.15) is 0 Å². The monoisotopic (exact) mass is 209 g/mol. The number of aliphatic hydroxyl groups is 1. The molecule has 2 aliphatic carbocycles. The van der Waals surface area contributed by atoms with Crippen LogP contribution in [0.15, 0.2) is 12.2 Å². The number of hydrogen-bond acceptors (Lipinski definition) is 2. The Bertz CT molecular complexity index is 211. The predicted octanol–water partition coefficient (Wildman–Crippen LogP) is 2.24. The minimum atomic E-state index is 0.195. The highest BCUT2D eigenvalue weighted by molar-refractivity contribution is 4.98. The second kappa shape index (κ2) is 5.13. The van der Waals surface area contributed by atoms with Crippen molar-refractivity contribution in [2.24, 2.45) is 5.41 Å². The molecule has 86 valence electrons. The highest BCUT2D eigenvalue weighted by Gasteiger charge is 2.31. The molecule has 0 unspecified atom stereocenters. The van der Waals surface area contributed by atoms with Gasteiger partial charge < -0.3 is 10.4 Å². The Morgan fingerprint density at radius 1 is 1.13 bits per heavy atom. The highest BCUT2D eigenvalue weighted by Crippen LogP contribution is 2.35. The topological polar surface area (TPSA) is 32.3 Å². The Morgan fingerprint density at radius 3 is 2.40 bits per heavy atom. The van der Waals surface area contributed by atoms with Gasteiger partial charge in [-0.15, -0.1) is 0 Å². The molecule has 0 saturated heterocycles. The van der Waals surface area contributed by atoms with Crippen molar-refractivity contribution in [1.29, 1.82) is 0 Å². The molecule has 0 heterocycles. The van der Waals surface area contributed by atoms with E-state index in [1.54, 1.807) is 0 Å². The Hall–Kier alpha value is -0.340. The maximum atomic E-state index is 9.56. The minimum Gasteiger partial charge on any atom is -0.396 e. The lowest BCUT2D eigenvalue weighted by molar-refractivity contribution is 0.0787. The van der Waals surface area contributed by atoms with Crippen molar-refractivity contribution in [2.45, 2.75) is 51.0 Å². The summed E-state index contributed by atoms with van der Waals surface area (Å²) >= 11 is 0. The first kappa shape index (κ1) is 11.2. The summed E-state index contributed by atoms with van der Waals surface area (Å²) in [4.78, 5) is 0. The Labute approximate surface area is 92.8 Å². The molecule has 2 aliphatic rings. The normalized spacial score (nSPS) is 25.9. The smallest absolute Gasteiger partial charge is 0.0499 e. The fourth-order valence-corrected chi connectivity index (χ4v) is 2.84. The average Bonchev–Trinajstić information content (AvgIpc) is 2.81. The molecule has 0 spiro atoms. The van der Waals surface area contributed by atoms with Crippen LogP contribution in [0, 0.1) is 5.41 Å². The first-order valence-electron chi connectivity index (χ1n) is 6.34. The number of hydrogen-bond donors (Lipinski definition) is 2. The van der Waals surface area contributed by atoms with Crippen LogP contribution in [0.25, 0.3) is 0 Å². The van der Waals surface area contributed by atoms with Crippen molar-refractivity contribution in [3.05, 3.63) is 12.2 Å². The van der Waals surface area contributed by atoms with Gasteiger partial charge in [0.1, 0.15) is 0 Å². The van der Waals surface area contributed by atoms with E-state index in [2.05, 4.69) is 17.5 Å². The molecule has 2 rings (SSSR count). The summed E-state index contributed by atoms with van der Waals surface area (Å²) < 4.78 is 0. The lowest BCUT2D eigenvalue weighted by atomic mass is 9.74. The summed E-state index contributed by atoms with van der Waals surface area (Å²) in [6, 6.07) is 0.635. The van der Waals surface area contributed by atoms with Crippen molar-refractivity contribution >= 4 is 0 Å². The van der Waals surface area contributed by atoms with E-state index >= 15 is 0 Å². The van der Waals surface area contributed by atoms with E-state index in [0.717, 1.165) is 6.54 Å². The Balaban J connectivity index is 1.78. The molecule has 0 amide bonds. The van der Waals surface area contributed by atoms with Crippen molar-refractivity contribution in [3.8, 4) is 0 Å². The molecule has 0 aromatic heterocycles. The predicted molar refractivity (Wildman–Crippen MR) is 62.8 cm³/mol. The van der Waals surface area contributed by atoms with Crippen LogP contribution < -0.4 is 5.32 Å². The maximum Gasteiger partial charge on any atom is 0.0499 e. The van der Waals surface area contributed by atoms with E-state index in [0.29, 0.717) is 12.6 Å². The van der Waals surface area contributed by atoms with Crippen LogP contribution in [-0.4, -0.2) is 24.3 Å². The molecular formula is C13H23NO. The average molecular weight is 209 g/mol. The Morgan fingerprint density at radius 2 is 1.80 bits per heavy atom. The van der Waals surface area contributed by atoms with Crippen molar-refractivity contribution in [1.82, 2.24) is 5.32 Å². The molecular weight excluding hydrogens is 186 g/mol. The summed E-state index contributed by atoms with van der Waals surface area (Å²) in [5.74, 6) is 0. The number of nitrogens with one attached hydrogen (secondary N) is 1. The molecule has 2 nitrogen and oxygen atoms in total. The standard InChI is InChI=1S/C13H23NO/c15-11-13(8-4-1-5-9-13)10-14-12-6-2-3-7-12/h2-3,12,14-15H,1,4-11H2. The van der Waals surface area contributed by atoms with Crippen LogP contribution in [0.1, 0.15) is 44.9 Å². The van der Waals surface area contributed by atoms with Crippen molar-refractivity contribution in [3.63, 3.8) is 0 Å². The third-order valence-corrected chi connectivity index (χ3v) is 4.02. The molecule has 15 heavy (non-hydrogen) atoms. The summed E-state index contributed by atoms with van der Waals surface area (Å²) in [7, 11) is 0. The van der Waals surface area contributed by atoms with Crippen LogP contribution in [0.3, 0.4) is 0 Å². The summed E-state index contributed by atoms with van der Waals surface area (Å²) in [5.41, 5.74) is 0.195. The van der Waals surface area contributed by atoms with E-state index in [9.17, 15) is 5.11 Å². The molecule has 2 N–H and O–H groups in total. The Kier molecular flexibility index (Phi) is 3.81. The fourth-order valence-electron chi connectivity index (χ4n) is 2.84. The largest absolute Gasteiger partial charge is 0.396 e. The van der Waals surface area contributed by atoms with E-state index in [4.69, 9.17) is 0 Å². The van der Waals surface area contributed by atoms with E-state index in [1.807, 2.05) is 0 Å². The van der Waals surface area contributed by atoms with Gasteiger partial charge in [0.2, 0.25) is 0 Å². The van der Waals surface area contributed by atoms with Crippen LogP contribution >= 0.6 is 0 Å². The highest BCUT2D eigenvalue weighted by atomic mass is 16.3. The third kappa shape index (κ3) is 2.82. The van der Waals surface area contributed by atoms with Crippen molar-refractivity contribution in [2.75, 3.05) is 13.2 Å². The number of aliphatic hydroxyl groups excluding tert-OH is 1. The second-order valence-corrected chi connectivity index (χ2v) is 5.24. The minimum absolute atomic E-state index is 0.195. The number of rotatable bonds is 4. The van der Waals surface area contributed by atoms with Crippen LogP contribution in [0.4, 0.5) is 0 Å². The van der Waals surface area contributed by atoms with Gasteiger partial charge in [-0.25, -0.2) is 0 Å². The lowest BCUT2D eigenvalue weighted by Crippen LogP contribution is -2.42. The van der Waals surface area contributed by atoms with E-state index < -0.39 is 0 Å². The maximum absolute atomic E-state index is 9.56. The van der Waals surface area contributed by atoms with Crippen LogP contribution in [0.5, 0.6) is 0 Å². The summed E-state index contributed by atoms with van der Waals surface area (Å²) in [6.45, 7) is 1.37. The SMILES string of the molecule is OCC1(CNC2CC=CC2)CCCCC1. The van der Waals surface area contributed by atoms with Gasteiger partial charge in [-0.1, -0.05) is 31.4 Å². The molecule has 0 radical (unpaired) electrons. The zero-order valence-corrected chi connectivity index (χ0v) is 9.54. The zero-order valence-electron chi connectivity index (χ0n) is 9.54. The molecule has 0 bridgehead atoms. The molecule has 0 aromatic carbocycles. The molecule has 0 aliphatic heterocycles. The van der Waals surface area contributed by atoms with Crippen LogP contribution in [-0.2, 0) is 0 Å². The first-order chi connectivity index (χ1) is 7.35. The van der Waals surface area contributed by atoms with Crippen molar-refractivity contribution < 1.29 is 5.11 Å². The van der Waals surface area contributed by atoms with E-state index in [-0.39, 0.29) is 5.41 Å². The van der Waals surface area contributed by atoms with Gasteiger partial charge in [0.25, 0.3) is 0 Å². The summed E-state index contributed by atoms with van der Waals surface area (Å²) in [5, 5.41) is 13.2. The molecule has 1 saturated carbocycles. The molecule has 0 aromatic rings. The van der Waals surface area contributed by atoms with Crippen LogP contribution in [0.2, 0.25) is 0 Å². The second-order valence-electron chi connectivity index (χ2n) is 5.24. The summed E-state index contributed by atoms with van der Waals surface area (Å²) in [6.07, 6.45) is 13.2.